The number of fused-ring (bicyclic) bond motifs is 2. The minimum Gasteiger partial charge on any atom is -0.462 e. The second-order valence-corrected chi connectivity index (χ2v) is 8.45. The summed E-state index contributed by atoms with van der Waals surface area (Å²) < 4.78 is 5.83. The maximum atomic E-state index is 12.5. The summed E-state index contributed by atoms with van der Waals surface area (Å²) in [4.78, 5) is 16.9. The first-order chi connectivity index (χ1) is 12.1. The van der Waals surface area contributed by atoms with E-state index in [0.29, 0.717) is 11.8 Å². The van der Waals surface area contributed by atoms with Crippen molar-refractivity contribution in [1.82, 2.24) is 4.98 Å². The van der Waals surface area contributed by atoms with Gasteiger partial charge >= 0.3 is 5.97 Å². The van der Waals surface area contributed by atoms with Crippen molar-refractivity contribution >= 4 is 5.97 Å². The summed E-state index contributed by atoms with van der Waals surface area (Å²) in [6.45, 7) is 8.36. The van der Waals surface area contributed by atoms with E-state index in [1.165, 1.54) is 18.4 Å². The minimum absolute atomic E-state index is 0.0140. The second kappa shape index (κ2) is 6.56. The van der Waals surface area contributed by atoms with E-state index in [2.05, 4.69) is 23.8 Å². The van der Waals surface area contributed by atoms with Gasteiger partial charge in [-0.3, -0.25) is 9.78 Å². The first-order valence-corrected chi connectivity index (χ1v) is 9.66. The lowest BCUT2D eigenvalue weighted by molar-refractivity contribution is -0.675. The molecule has 1 saturated heterocycles. The molecule has 0 unspecified atom stereocenters. The van der Waals surface area contributed by atoms with Gasteiger partial charge in [0.25, 0.3) is 0 Å². The number of esters is 1. The van der Waals surface area contributed by atoms with E-state index in [9.17, 15) is 4.79 Å². The fraction of sp³-hybridized carbons (Fsp3) is 0.619. The summed E-state index contributed by atoms with van der Waals surface area (Å²) in [6, 6.07) is 5.97. The standard InChI is InChI=1S/C21H28N2O2/c1-14-6-5-8-21(2)11-19-16(10-18(14)21)17(20(24)25-19)13-22-12-15-7-3-4-9-23-15/h3-4,7,9,16-19,22H,1,5-6,8,10-13H2,2H3/p+1/t16-,17-,18-,19-,21-/m1/s1. The molecule has 25 heavy (non-hydrogen) atoms. The lowest BCUT2D eigenvalue weighted by Gasteiger charge is -2.49. The molecule has 5 atom stereocenters. The smallest absolute Gasteiger partial charge is 0.315 e. The Kier molecular flexibility index (Phi) is 4.40. The van der Waals surface area contributed by atoms with E-state index in [1.807, 2.05) is 24.4 Å². The first kappa shape index (κ1) is 16.8. The maximum absolute atomic E-state index is 12.5. The Labute approximate surface area is 150 Å². The third-order valence-electron chi connectivity index (χ3n) is 6.82. The topological polar surface area (TPSA) is 55.8 Å². The van der Waals surface area contributed by atoms with Crippen molar-refractivity contribution in [3.8, 4) is 0 Å². The molecule has 2 saturated carbocycles. The molecule has 0 spiro atoms. The predicted molar refractivity (Wildman–Crippen MR) is 95.4 cm³/mol. The molecule has 4 rings (SSSR count). The van der Waals surface area contributed by atoms with E-state index >= 15 is 0 Å². The van der Waals surface area contributed by atoms with Gasteiger partial charge in [-0.1, -0.05) is 25.1 Å². The molecule has 4 nitrogen and oxygen atoms in total. The van der Waals surface area contributed by atoms with Crippen molar-refractivity contribution in [2.24, 2.45) is 23.2 Å². The second-order valence-electron chi connectivity index (χ2n) is 8.45. The van der Waals surface area contributed by atoms with E-state index in [-0.39, 0.29) is 23.4 Å². The average molecular weight is 341 g/mol. The fourth-order valence-electron chi connectivity index (χ4n) is 5.46. The number of carbonyl (C=O) groups is 1. The highest BCUT2D eigenvalue weighted by Crippen LogP contribution is 2.56. The van der Waals surface area contributed by atoms with Gasteiger partial charge in [0.05, 0.1) is 12.2 Å². The Balaban J connectivity index is 1.42. The van der Waals surface area contributed by atoms with Gasteiger partial charge in [-0.25, -0.2) is 0 Å². The van der Waals surface area contributed by atoms with Crippen molar-refractivity contribution in [2.45, 2.75) is 51.7 Å². The molecule has 0 amide bonds. The quantitative estimate of drug-likeness (QED) is 0.676. The predicted octanol–water partition coefficient (Wildman–Crippen LogP) is 2.46. The Bertz CT molecular complexity index is 659. The van der Waals surface area contributed by atoms with Crippen LogP contribution in [-0.4, -0.2) is 23.6 Å². The van der Waals surface area contributed by atoms with Crippen LogP contribution in [0.3, 0.4) is 0 Å². The molecular formula is C21H29N2O2+. The Morgan fingerprint density at radius 2 is 2.32 bits per heavy atom. The average Bonchev–Trinajstić information content (AvgIpc) is 2.88. The van der Waals surface area contributed by atoms with Crippen molar-refractivity contribution in [1.29, 1.82) is 0 Å². The number of aromatic nitrogens is 1. The summed E-state index contributed by atoms with van der Waals surface area (Å²) in [5, 5.41) is 2.21. The third kappa shape index (κ3) is 3.12. The van der Waals surface area contributed by atoms with Crippen LogP contribution in [0, 0.1) is 23.2 Å². The Morgan fingerprint density at radius 1 is 1.44 bits per heavy atom. The number of nitrogens with two attached hydrogens (primary N) is 1. The molecule has 3 aliphatic rings. The van der Waals surface area contributed by atoms with E-state index in [0.717, 1.165) is 38.0 Å². The number of carbonyl (C=O) groups excluding carboxylic acids is 1. The van der Waals surface area contributed by atoms with E-state index < -0.39 is 0 Å². The van der Waals surface area contributed by atoms with Crippen molar-refractivity contribution < 1.29 is 14.8 Å². The summed E-state index contributed by atoms with van der Waals surface area (Å²) in [5.74, 6) is 0.962. The highest BCUT2D eigenvalue weighted by molar-refractivity contribution is 5.75. The van der Waals surface area contributed by atoms with Gasteiger partial charge in [0.15, 0.2) is 0 Å². The van der Waals surface area contributed by atoms with Gasteiger partial charge in [-0.2, -0.15) is 0 Å². The van der Waals surface area contributed by atoms with E-state index in [4.69, 9.17) is 4.74 Å². The highest BCUT2D eigenvalue weighted by atomic mass is 16.6. The number of rotatable bonds is 4. The van der Waals surface area contributed by atoms with Gasteiger partial charge in [0, 0.05) is 12.1 Å². The number of hydrogen-bond donors (Lipinski definition) is 1. The van der Waals surface area contributed by atoms with Crippen LogP contribution < -0.4 is 5.32 Å². The molecule has 2 aliphatic carbocycles. The van der Waals surface area contributed by atoms with Crippen LogP contribution in [0.25, 0.3) is 0 Å². The monoisotopic (exact) mass is 341 g/mol. The molecule has 2 heterocycles. The summed E-state index contributed by atoms with van der Waals surface area (Å²) in [7, 11) is 0. The van der Waals surface area contributed by atoms with Gasteiger partial charge in [0.2, 0.25) is 0 Å². The Morgan fingerprint density at radius 3 is 3.12 bits per heavy atom. The normalized spacial score (nSPS) is 37.3. The largest absolute Gasteiger partial charge is 0.462 e. The fourth-order valence-corrected chi connectivity index (χ4v) is 5.46. The van der Waals surface area contributed by atoms with Crippen molar-refractivity contribution in [3.63, 3.8) is 0 Å². The zero-order valence-corrected chi connectivity index (χ0v) is 15.1. The Hall–Kier alpha value is -1.68. The maximum Gasteiger partial charge on any atom is 0.315 e. The number of nitrogens with zero attached hydrogens (tertiary/aromatic N) is 1. The molecule has 1 aromatic rings. The van der Waals surface area contributed by atoms with Crippen molar-refractivity contribution in [3.05, 3.63) is 42.2 Å². The van der Waals surface area contributed by atoms with E-state index in [1.54, 1.807) is 0 Å². The summed E-state index contributed by atoms with van der Waals surface area (Å²) in [6.07, 6.45) is 7.67. The van der Waals surface area contributed by atoms with Crippen LogP contribution in [-0.2, 0) is 16.1 Å². The molecule has 3 fully saturated rings. The van der Waals surface area contributed by atoms with Crippen LogP contribution >= 0.6 is 0 Å². The van der Waals surface area contributed by atoms with Crippen LogP contribution in [0.1, 0.15) is 44.7 Å². The van der Waals surface area contributed by atoms with Crippen LogP contribution in [0.2, 0.25) is 0 Å². The molecule has 134 valence electrons. The molecule has 0 radical (unpaired) electrons. The SMILES string of the molecule is C=C1CCC[C@]2(C)C[C@H]3OC(=O)[C@H](C[NH2+]Cc4ccccn4)[C@H]3C[C@H]12. The molecule has 4 heteroatoms. The van der Waals surface area contributed by atoms with Gasteiger partial charge < -0.3 is 10.1 Å². The van der Waals surface area contributed by atoms with Crippen LogP contribution in [0.5, 0.6) is 0 Å². The number of allylic oxidation sites excluding steroid dienone is 1. The first-order valence-electron chi connectivity index (χ1n) is 9.66. The summed E-state index contributed by atoms with van der Waals surface area (Å²) in [5.41, 5.74) is 2.74. The van der Waals surface area contributed by atoms with Crippen LogP contribution in [0.4, 0.5) is 0 Å². The number of hydrogen-bond acceptors (Lipinski definition) is 3. The van der Waals surface area contributed by atoms with Gasteiger partial charge in [-0.15, -0.1) is 0 Å². The highest BCUT2D eigenvalue weighted by Gasteiger charge is 2.55. The number of ether oxygens (including phenoxy) is 1. The van der Waals surface area contributed by atoms with Crippen LogP contribution in [0.15, 0.2) is 36.5 Å². The molecule has 0 aromatic carbocycles. The zero-order chi connectivity index (χ0) is 17.4. The summed E-state index contributed by atoms with van der Waals surface area (Å²) >= 11 is 0. The molecule has 1 aliphatic heterocycles. The van der Waals surface area contributed by atoms with Gasteiger partial charge in [0.1, 0.15) is 18.6 Å². The van der Waals surface area contributed by atoms with Gasteiger partial charge in [-0.05, 0) is 55.6 Å². The molecule has 0 bridgehead atoms. The lowest BCUT2D eigenvalue weighted by atomic mass is 9.55. The number of quaternary nitrogens is 1. The lowest BCUT2D eigenvalue weighted by Crippen LogP contribution is -2.84. The molecule has 2 N–H and O–H groups in total. The number of pyridine rings is 1. The molecule has 1 aromatic heterocycles. The molecular weight excluding hydrogens is 312 g/mol. The zero-order valence-electron chi connectivity index (χ0n) is 15.1. The third-order valence-corrected chi connectivity index (χ3v) is 6.82. The van der Waals surface area contributed by atoms with Crippen molar-refractivity contribution in [2.75, 3.05) is 6.54 Å². The minimum atomic E-state index is 0.0140.